The van der Waals surface area contributed by atoms with Crippen LogP contribution in [0.3, 0.4) is 0 Å². The summed E-state index contributed by atoms with van der Waals surface area (Å²) in [6, 6.07) is 12.9. The second kappa shape index (κ2) is 6.91. The molecule has 0 aliphatic carbocycles. The first-order valence-corrected chi connectivity index (χ1v) is 8.70. The average Bonchev–Trinajstić information content (AvgIpc) is 2.60. The lowest BCUT2D eigenvalue weighted by atomic mass is 9.86. The first-order valence-electron chi connectivity index (χ1n) is 8.70. The fourth-order valence-corrected chi connectivity index (χ4v) is 2.87. The molecule has 5 nitrogen and oxygen atoms in total. The molecule has 1 heterocycles. The maximum absolute atomic E-state index is 12.9. The Labute approximate surface area is 157 Å². The van der Waals surface area contributed by atoms with Crippen LogP contribution < -0.4 is 10.2 Å². The molecule has 0 unspecified atom stereocenters. The largest absolute Gasteiger partial charge is 0.479 e. The number of hydrogen-bond donors (Lipinski definition) is 1. The van der Waals surface area contributed by atoms with Crippen molar-refractivity contribution in [3.63, 3.8) is 0 Å². The summed E-state index contributed by atoms with van der Waals surface area (Å²) >= 11 is 0. The van der Waals surface area contributed by atoms with E-state index in [1.807, 2.05) is 37.3 Å². The van der Waals surface area contributed by atoms with Crippen molar-refractivity contribution in [1.82, 2.24) is 0 Å². The number of carbonyl (C=O) groups is 1. The molecule has 0 saturated carbocycles. The Hall–Kier alpha value is -3.08. The molecule has 0 fully saturated rings. The third-order valence-corrected chi connectivity index (χ3v) is 4.36. The molecule has 0 bridgehead atoms. The van der Waals surface area contributed by atoms with Crippen molar-refractivity contribution in [3.8, 4) is 17.1 Å². The Morgan fingerprint density at radius 2 is 1.78 bits per heavy atom. The van der Waals surface area contributed by atoms with Crippen LogP contribution in [0.5, 0.6) is 5.75 Å². The summed E-state index contributed by atoms with van der Waals surface area (Å²) in [5.41, 5.74) is 2.74. The first kappa shape index (κ1) is 18.7. The Bertz CT molecular complexity index is 1050. The van der Waals surface area contributed by atoms with Crippen LogP contribution in [0.15, 0.2) is 51.7 Å². The van der Waals surface area contributed by atoms with Gasteiger partial charge in [0.2, 0.25) is 11.2 Å². The maximum atomic E-state index is 12.9. The molecule has 0 aliphatic rings. The zero-order valence-electron chi connectivity index (χ0n) is 15.8. The van der Waals surface area contributed by atoms with E-state index >= 15 is 0 Å². The lowest BCUT2D eigenvalue weighted by Crippen LogP contribution is -2.16. The molecule has 0 spiro atoms. The molecule has 3 aromatic rings. The molecule has 0 saturated heterocycles. The second-order valence-electron chi connectivity index (χ2n) is 7.60. The van der Waals surface area contributed by atoms with Crippen molar-refractivity contribution in [3.05, 3.63) is 63.8 Å². The summed E-state index contributed by atoms with van der Waals surface area (Å²) in [5, 5.41) is 9.32. The van der Waals surface area contributed by atoms with E-state index in [0.717, 1.165) is 11.1 Å². The van der Waals surface area contributed by atoms with Crippen LogP contribution in [0.2, 0.25) is 0 Å². The highest BCUT2D eigenvalue weighted by Crippen LogP contribution is 2.33. The fraction of sp³-hybridized carbons (Fsp3) is 0.273. The van der Waals surface area contributed by atoms with E-state index in [2.05, 4.69) is 20.8 Å². The van der Waals surface area contributed by atoms with E-state index in [-0.39, 0.29) is 22.4 Å². The molecule has 2 aromatic carbocycles. The Morgan fingerprint density at radius 3 is 2.37 bits per heavy atom. The number of ether oxygens (including phenoxy) is 1. The molecule has 140 valence electrons. The van der Waals surface area contributed by atoms with Crippen LogP contribution >= 0.6 is 0 Å². The third-order valence-electron chi connectivity index (χ3n) is 4.36. The molecule has 0 aliphatic heterocycles. The van der Waals surface area contributed by atoms with Gasteiger partial charge in [-0.3, -0.25) is 4.79 Å². The van der Waals surface area contributed by atoms with Crippen molar-refractivity contribution < 1.29 is 19.1 Å². The van der Waals surface area contributed by atoms with E-state index in [1.165, 1.54) is 0 Å². The van der Waals surface area contributed by atoms with Crippen molar-refractivity contribution in [1.29, 1.82) is 0 Å². The van der Waals surface area contributed by atoms with Gasteiger partial charge in [0.1, 0.15) is 5.58 Å². The van der Waals surface area contributed by atoms with Crippen LogP contribution in [0, 0.1) is 6.92 Å². The maximum Gasteiger partial charge on any atom is 0.341 e. The van der Waals surface area contributed by atoms with Gasteiger partial charge in [-0.25, -0.2) is 4.79 Å². The molecule has 5 heteroatoms. The Balaban J connectivity index is 2.20. The van der Waals surface area contributed by atoms with Gasteiger partial charge >= 0.3 is 5.97 Å². The molecule has 0 atom stereocenters. The van der Waals surface area contributed by atoms with Gasteiger partial charge < -0.3 is 14.3 Å². The van der Waals surface area contributed by atoms with Crippen molar-refractivity contribution in [2.24, 2.45) is 0 Å². The van der Waals surface area contributed by atoms with Gasteiger partial charge in [0, 0.05) is 5.56 Å². The number of carboxylic acid groups (broad SMARTS) is 1. The normalized spacial score (nSPS) is 11.6. The predicted molar refractivity (Wildman–Crippen MR) is 104 cm³/mol. The summed E-state index contributed by atoms with van der Waals surface area (Å²) in [7, 11) is 0. The van der Waals surface area contributed by atoms with E-state index in [0.29, 0.717) is 16.5 Å². The lowest BCUT2D eigenvalue weighted by molar-refractivity contribution is -0.139. The third kappa shape index (κ3) is 3.87. The van der Waals surface area contributed by atoms with Crippen LogP contribution in [0.1, 0.15) is 31.9 Å². The second-order valence-corrected chi connectivity index (χ2v) is 7.60. The van der Waals surface area contributed by atoms with Crippen molar-refractivity contribution in [2.75, 3.05) is 6.61 Å². The quantitative estimate of drug-likeness (QED) is 0.734. The van der Waals surface area contributed by atoms with Gasteiger partial charge in [-0.2, -0.15) is 0 Å². The zero-order chi connectivity index (χ0) is 19.8. The van der Waals surface area contributed by atoms with Gasteiger partial charge in [0.25, 0.3) is 0 Å². The highest BCUT2D eigenvalue weighted by molar-refractivity contribution is 5.83. The minimum Gasteiger partial charge on any atom is -0.479 e. The van der Waals surface area contributed by atoms with Crippen LogP contribution in [0.4, 0.5) is 0 Å². The molecule has 3 rings (SSSR count). The van der Waals surface area contributed by atoms with Gasteiger partial charge in [-0.1, -0.05) is 56.7 Å². The molecule has 1 aromatic heterocycles. The molecule has 0 amide bonds. The molecule has 27 heavy (non-hydrogen) atoms. The SMILES string of the molecule is Cc1ccc2oc(-c3ccc(C(C)(C)C)cc3)c(OCC(=O)O)c(=O)c2c1. The minimum atomic E-state index is -1.16. The van der Waals surface area contributed by atoms with E-state index < -0.39 is 12.6 Å². The topological polar surface area (TPSA) is 76.7 Å². The number of rotatable bonds is 4. The van der Waals surface area contributed by atoms with E-state index in [4.69, 9.17) is 14.3 Å². The summed E-state index contributed by atoms with van der Waals surface area (Å²) in [6.45, 7) is 7.59. The van der Waals surface area contributed by atoms with Gasteiger partial charge in [0.05, 0.1) is 5.39 Å². The summed E-state index contributed by atoms with van der Waals surface area (Å²) in [6.07, 6.45) is 0. The molecular weight excluding hydrogens is 344 g/mol. The van der Waals surface area contributed by atoms with Crippen molar-refractivity contribution in [2.45, 2.75) is 33.1 Å². The first-order chi connectivity index (χ1) is 12.7. The fourth-order valence-electron chi connectivity index (χ4n) is 2.87. The lowest BCUT2D eigenvalue weighted by Gasteiger charge is -2.19. The van der Waals surface area contributed by atoms with E-state index in [9.17, 15) is 9.59 Å². The smallest absolute Gasteiger partial charge is 0.341 e. The van der Waals surface area contributed by atoms with Gasteiger partial charge in [-0.05, 0) is 30.0 Å². The van der Waals surface area contributed by atoms with E-state index in [1.54, 1.807) is 12.1 Å². The van der Waals surface area contributed by atoms with Crippen molar-refractivity contribution >= 4 is 16.9 Å². The highest BCUT2D eigenvalue weighted by atomic mass is 16.5. The number of aryl methyl sites for hydroxylation is 1. The number of hydrogen-bond acceptors (Lipinski definition) is 4. The van der Waals surface area contributed by atoms with Gasteiger partial charge in [-0.15, -0.1) is 0 Å². The molecule has 1 N–H and O–H groups in total. The average molecular weight is 366 g/mol. The number of benzene rings is 2. The summed E-state index contributed by atoms with van der Waals surface area (Å²) in [5.74, 6) is -1.01. The standard InChI is InChI=1S/C22H22O5/c1-13-5-10-17-16(11-13)19(25)21(26-12-18(23)24)20(27-17)14-6-8-15(9-7-14)22(2,3)4/h5-11H,12H2,1-4H3,(H,23,24). The zero-order valence-corrected chi connectivity index (χ0v) is 15.8. The summed E-state index contributed by atoms with van der Waals surface area (Å²) in [4.78, 5) is 23.9. The van der Waals surface area contributed by atoms with Crippen LogP contribution in [-0.4, -0.2) is 17.7 Å². The number of fused-ring (bicyclic) bond motifs is 1. The molecule has 0 radical (unpaired) electrons. The van der Waals surface area contributed by atoms with Gasteiger partial charge in [0.15, 0.2) is 12.4 Å². The summed E-state index contributed by atoms with van der Waals surface area (Å²) < 4.78 is 11.3. The highest BCUT2D eigenvalue weighted by Gasteiger charge is 2.20. The predicted octanol–water partition coefficient (Wildman–Crippen LogP) is 4.53. The monoisotopic (exact) mass is 366 g/mol. The molecular formula is C22H22O5. The number of carboxylic acids is 1. The minimum absolute atomic E-state index is 0.0110. The van der Waals surface area contributed by atoms with Crippen LogP contribution in [-0.2, 0) is 10.2 Å². The number of aliphatic carboxylic acids is 1. The Kier molecular flexibility index (Phi) is 4.79. The Morgan fingerprint density at radius 1 is 1.11 bits per heavy atom. The van der Waals surface area contributed by atoms with Crippen LogP contribution in [0.25, 0.3) is 22.3 Å².